The summed E-state index contributed by atoms with van der Waals surface area (Å²) < 4.78 is 45.2. The highest BCUT2D eigenvalue weighted by molar-refractivity contribution is 7.88. The van der Waals surface area contributed by atoms with Crippen molar-refractivity contribution in [2.24, 2.45) is 0 Å². The van der Waals surface area contributed by atoms with Crippen LogP contribution in [0.2, 0.25) is 5.02 Å². The van der Waals surface area contributed by atoms with Crippen molar-refractivity contribution in [1.29, 1.82) is 0 Å². The zero-order chi connectivity index (χ0) is 24.7. The van der Waals surface area contributed by atoms with Crippen molar-refractivity contribution < 1.29 is 17.5 Å². The van der Waals surface area contributed by atoms with E-state index < -0.39 is 22.1 Å². The summed E-state index contributed by atoms with van der Waals surface area (Å²) in [4.78, 5) is 23.7. The predicted molar refractivity (Wildman–Crippen MR) is 128 cm³/mol. The Morgan fingerprint density at radius 3 is 2.74 bits per heavy atom. The smallest absolute Gasteiger partial charge is 0.312 e. The van der Waals surface area contributed by atoms with Crippen molar-refractivity contribution in [1.82, 2.24) is 34.2 Å². The minimum absolute atomic E-state index is 0.201. The van der Waals surface area contributed by atoms with Gasteiger partial charge in [-0.15, -0.1) is 0 Å². The number of halogens is 2. The predicted octanol–water partition coefficient (Wildman–Crippen LogP) is 3.06. The lowest BCUT2D eigenvalue weighted by atomic mass is 10.1. The zero-order valence-corrected chi connectivity index (χ0v) is 20.4. The van der Waals surface area contributed by atoms with E-state index in [-0.39, 0.29) is 17.6 Å². The van der Waals surface area contributed by atoms with E-state index in [1.165, 1.54) is 16.9 Å². The Balaban J connectivity index is 1.45. The van der Waals surface area contributed by atoms with Crippen molar-refractivity contribution in [3.05, 3.63) is 41.5 Å². The molecule has 2 N–H and O–H groups in total. The van der Waals surface area contributed by atoms with Gasteiger partial charge in [0.1, 0.15) is 11.6 Å². The third kappa shape index (κ3) is 4.83. The second kappa shape index (κ2) is 9.13. The minimum Gasteiger partial charge on any atom is -0.474 e. The van der Waals surface area contributed by atoms with Crippen LogP contribution in [-0.2, 0) is 10.0 Å². The average molecular weight is 521 g/mol. The number of imidazole rings is 1. The molecule has 4 aromatic rings. The second-order valence-corrected chi connectivity index (χ2v) is 10.7. The number of nitrogens with one attached hydrogen (secondary N) is 2. The van der Waals surface area contributed by atoms with Gasteiger partial charge < -0.3 is 15.0 Å². The molecular formula is C21H22ClFN8O3S. The Morgan fingerprint density at radius 1 is 1.23 bits per heavy atom. The van der Waals surface area contributed by atoms with Crippen LogP contribution in [0.4, 0.5) is 10.2 Å². The molecule has 0 aliphatic carbocycles. The number of benzene rings is 1. The number of hydrogen-bond donors (Lipinski definition) is 2. The molecule has 0 bridgehead atoms. The molecule has 0 amide bonds. The molecule has 1 aromatic carbocycles. The van der Waals surface area contributed by atoms with Crippen molar-refractivity contribution in [2.75, 3.05) is 24.7 Å². The molecule has 5 rings (SSSR count). The van der Waals surface area contributed by atoms with Crippen LogP contribution in [0.15, 0.2) is 24.5 Å². The van der Waals surface area contributed by atoms with Gasteiger partial charge in [-0.1, -0.05) is 17.7 Å². The third-order valence-electron chi connectivity index (χ3n) is 5.80. The number of anilines is 1. The van der Waals surface area contributed by atoms with Crippen molar-refractivity contribution in [3.8, 4) is 5.88 Å². The van der Waals surface area contributed by atoms with E-state index in [4.69, 9.17) is 16.3 Å². The van der Waals surface area contributed by atoms with Crippen LogP contribution in [0.3, 0.4) is 0 Å². The number of piperidine rings is 1. The van der Waals surface area contributed by atoms with E-state index in [1.54, 1.807) is 25.1 Å². The van der Waals surface area contributed by atoms with Gasteiger partial charge in [0, 0.05) is 13.1 Å². The van der Waals surface area contributed by atoms with Gasteiger partial charge in [0.15, 0.2) is 17.3 Å². The molecule has 11 nitrogen and oxygen atoms in total. The van der Waals surface area contributed by atoms with Gasteiger partial charge in [-0.2, -0.15) is 19.3 Å². The lowest BCUT2D eigenvalue weighted by molar-refractivity contribution is 0.131. The third-order valence-corrected chi connectivity index (χ3v) is 7.42. The summed E-state index contributed by atoms with van der Waals surface area (Å²) in [6.45, 7) is 2.53. The highest BCUT2D eigenvalue weighted by Crippen LogP contribution is 2.33. The molecule has 0 saturated carbocycles. The summed E-state index contributed by atoms with van der Waals surface area (Å²) in [5, 5.41) is 4.11. The molecule has 35 heavy (non-hydrogen) atoms. The summed E-state index contributed by atoms with van der Waals surface area (Å²) in [5.41, 5.74) is 1.23. The number of hydrogen-bond acceptors (Lipinski definition) is 9. The lowest BCUT2D eigenvalue weighted by Crippen LogP contribution is -2.41. The molecule has 0 unspecified atom stereocenters. The Labute approximate surface area is 205 Å². The van der Waals surface area contributed by atoms with Crippen LogP contribution in [0.1, 0.15) is 31.6 Å². The Kier molecular flexibility index (Phi) is 6.15. The monoisotopic (exact) mass is 520 g/mol. The molecule has 3 aromatic heterocycles. The lowest BCUT2D eigenvalue weighted by Gasteiger charge is -2.30. The maximum absolute atomic E-state index is 13.9. The van der Waals surface area contributed by atoms with Crippen LogP contribution < -0.4 is 10.1 Å². The van der Waals surface area contributed by atoms with Gasteiger partial charge in [0.05, 0.1) is 34.6 Å². The largest absolute Gasteiger partial charge is 0.474 e. The van der Waals surface area contributed by atoms with Crippen molar-refractivity contribution >= 4 is 49.5 Å². The summed E-state index contributed by atoms with van der Waals surface area (Å²) in [6, 6.07) is 4.81. The first-order valence-corrected chi connectivity index (χ1v) is 13.1. The van der Waals surface area contributed by atoms with Crippen LogP contribution in [0.5, 0.6) is 5.88 Å². The van der Waals surface area contributed by atoms with Crippen LogP contribution >= 0.6 is 11.6 Å². The number of ether oxygens (including phenoxy) is 1. The van der Waals surface area contributed by atoms with Gasteiger partial charge in [0.2, 0.25) is 15.9 Å². The van der Waals surface area contributed by atoms with Crippen LogP contribution in [0, 0.1) is 6.08 Å². The highest BCUT2D eigenvalue weighted by Gasteiger charge is 2.27. The molecule has 0 spiro atoms. The molecule has 1 aliphatic heterocycles. The summed E-state index contributed by atoms with van der Waals surface area (Å²) in [6.07, 6.45) is 2.51. The Morgan fingerprint density at radius 2 is 2.00 bits per heavy atom. The molecule has 4 heterocycles. The van der Waals surface area contributed by atoms with E-state index in [0.29, 0.717) is 59.1 Å². The Hall–Kier alpha value is -3.16. The first-order chi connectivity index (χ1) is 16.7. The number of aromatic nitrogens is 6. The zero-order valence-electron chi connectivity index (χ0n) is 18.9. The first-order valence-electron chi connectivity index (χ1n) is 10.9. The van der Waals surface area contributed by atoms with Crippen LogP contribution in [-0.4, -0.2) is 68.1 Å². The number of fused-ring (bicyclic) bond motifs is 2. The standard InChI is InChI=1S/C21H22ClFN8O3S/c1-11(26-19-16-18(25-10-24-16)29-21(23)30-19)17-27-14-5-3-4-13(22)15(14)20(28-17)34-12-6-8-31(9-7-12)35(2,32)33/h3-5,10-12H,6-9H2,1-2H3,(H2,24,25,26,29,30)/t11-/m0/s1. The summed E-state index contributed by atoms with van der Waals surface area (Å²) >= 11 is 6.46. The quantitative estimate of drug-likeness (QED) is 0.367. The fourth-order valence-electron chi connectivity index (χ4n) is 4.02. The molecule has 1 saturated heterocycles. The molecule has 1 aliphatic rings. The van der Waals surface area contributed by atoms with Gasteiger partial charge in [-0.3, -0.25) is 0 Å². The van der Waals surface area contributed by atoms with E-state index in [0.717, 1.165) is 0 Å². The average Bonchev–Trinajstić information content (AvgIpc) is 3.27. The van der Waals surface area contributed by atoms with Gasteiger partial charge in [-0.25, -0.2) is 22.7 Å². The fourth-order valence-corrected chi connectivity index (χ4v) is 5.15. The molecular weight excluding hydrogens is 499 g/mol. The van der Waals surface area contributed by atoms with E-state index in [2.05, 4.69) is 35.2 Å². The van der Waals surface area contributed by atoms with Gasteiger partial charge in [0.25, 0.3) is 0 Å². The Bertz CT molecular complexity index is 1510. The van der Waals surface area contributed by atoms with Crippen molar-refractivity contribution in [3.63, 3.8) is 0 Å². The number of rotatable bonds is 6. The molecule has 1 fully saturated rings. The van der Waals surface area contributed by atoms with Gasteiger partial charge >= 0.3 is 6.08 Å². The first kappa shape index (κ1) is 23.6. The highest BCUT2D eigenvalue weighted by atomic mass is 35.5. The van der Waals surface area contributed by atoms with Gasteiger partial charge in [-0.05, 0) is 31.9 Å². The molecule has 14 heteroatoms. The maximum Gasteiger partial charge on any atom is 0.312 e. The van der Waals surface area contributed by atoms with Crippen molar-refractivity contribution in [2.45, 2.75) is 31.9 Å². The van der Waals surface area contributed by atoms with E-state index in [9.17, 15) is 12.8 Å². The number of nitrogens with zero attached hydrogens (tertiary/aromatic N) is 6. The minimum atomic E-state index is -3.25. The molecule has 0 radical (unpaired) electrons. The topological polar surface area (TPSA) is 139 Å². The summed E-state index contributed by atoms with van der Waals surface area (Å²) in [7, 11) is -3.25. The normalized spacial score (nSPS) is 16.6. The number of aromatic amines is 1. The fraction of sp³-hybridized carbons (Fsp3) is 0.381. The number of sulfonamides is 1. The van der Waals surface area contributed by atoms with Crippen LogP contribution in [0.25, 0.3) is 22.1 Å². The maximum atomic E-state index is 13.9. The molecule has 184 valence electrons. The molecule has 1 atom stereocenters. The SMILES string of the molecule is C[C@H](Nc1nc(F)nc2[nH]cnc12)c1nc(OC2CCN(S(C)(=O)=O)CC2)c2c(Cl)cccc2n1. The summed E-state index contributed by atoms with van der Waals surface area (Å²) in [5.74, 6) is 0.888. The second-order valence-electron chi connectivity index (χ2n) is 8.31. The van der Waals surface area contributed by atoms with E-state index in [1.807, 2.05) is 0 Å². The van der Waals surface area contributed by atoms with E-state index >= 15 is 0 Å². The number of H-pyrrole nitrogens is 1.